The van der Waals surface area contributed by atoms with Crippen molar-refractivity contribution in [2.75, 3.05) is 7.11 Å². The molecule has 19 heavy (non-hydrogen) atoms. The van der Waals surface area contributed by atoms with Gasteiger partial charge in [-0.3, -0.25) is 4.79 Å². The van der Waals surface area contributed by atoms with Crippen LogP contribution in [0.5, 0.6) is 11.6 Å². The highest BCUT2D eigenvalue weighted by Crippen LogP contribution is 2.33. The van der Waals surface area contributed by atoms with Gasteiger partial charge in [0.25, 0.3) is 5.24 Å². The van der Waals surface area contributed by atoms with Crippen molar-refractivity contribution in [3.63, 3.8) is 0 Å². The minimum atomic E-state index is -5.10. The van der Waals surface area contributed by atoms with E-state index < -0.39 is 39.5 Å². The molecular weight excluding hydrogens is 297 g/mol. The van der Waals surface area contributed by atoms with Gasteiger partial charge in [0.05, 0.1) is 13.2 Å². The molecule has 0 atom stereocenters. The number of rotatable bonds is 4. The molecule has 0 saturated carbocycles. The summed E-state index contributed by atoms with van der Waals surface area (Å²) in [5.41, 5.74) is -0.760. The van der Waals surface area contributed by atoms with Crippen LogP contribution < -0.4 is 9.47 Å². The summed E-state index contributed by atoms with van der Waals surface area (Å²) in [5.74, 6) is -2.89. The first-order valence-electron chi connectivity index (χ1n) is 4.34. The lowest BCUT2D eigenvalue weighted by Crippen LogP contribution is -2.18. The van der Waals surface area contributed by atoms with Crippen molar-refractivity contribution in [1.29, 1.82) is 0 Å². The lowest BCUT2D eigenvalue weighted by molar-refractivity contribution is -0.390. The first-order chi connectivity index (χ1) is 8.65. The molecule has 0 aliphatic rings. The Morgan fingerprint density at radius 1 is 1.53 bits per heavy atom. The van der Waals surface area contributed by atoms with Gasteiger partial charge in [-0.15, -0.1) is 13.2 Å². The van der Waals surface area contributed by atoms with Gasteiger partial charge in [-0.2, -0.15) is 0 Å². The van der Waals surface area contributed by atoms with Gasteiger partial charge < -0.3 is 19.6 Å². The maximum atomic E-state index is 12.0. The van der Waals surface area contributed by atoms with Crippen molar-refractivity contribution in [2.24, 2.45) is 0 Å². The Kier molecular flexibility index (Phi) is 4.14. The number of halogens is 4. The van der Waals surface area contributed by atoms with Gasteiger partial charge in [0.15, 0.2) is 5.56 Å². The van der Waals surface area contributed by atoms with Crippen LogP contribution in [0.4, 0.5) is 19.0 Å². The summed E-state index contributed by atoms with van der Waals surface area (Å²) in [7, 11) is 0.986. The van der Waals surface area contributed by atoms with Gasteiger partial charge in [0, 0.05) is 4.98 Å². The molecule has 1 rings (SSSR count). The molecule has 7 nitrogen and oxygen atoms in total. The number of aromatic nitrogens is 1. The summed E-state index contributed by atoms with van der Waals surface area (Å²) in [4.78, 5) is 23.5. The topological polar surface area (TPSA) is 91.6 Å². The fourth-order valence-electron chi connectivity index (χ4n) is 1.14. The summed E-state index contributed by atoms with van der Waals surface area (Å²) in [5, 5.41) is 9.36. The molecule has 0 fully saturated rings. The third-order valence-corrected chi connectivity index (χ3v) is 1.94. The van der Waals surface area contributed by atoms with E-state index in [1.807, 2.05) is 0 Å². The third kappa shape index (κ3) is 3.68. The number of carbonyl (C=O) groups is 1. The van der Waals surface area contributed by atoms with E-state index in [0.717, 1.165) is 7.11 Å². The van der Waals surface area contributed by atoms with Crippen LogP contribution in [0.15, 0.2) is 6.07 Å². The summed E-state index contributed by atoms with van der Waals surface area (Å²) >= 11 is 5.10. The standard InChI is InChI=1S/C8H4ClF3N2O5/c1-18-3-2-4(19-8(10,11)12)13-7(14(16)17)5(3)6(9)15/h2H,1H3. The Morgan fingerprint density at radius 2 is 2.11 bits per heavy atom. The average molecular weight is 301 g/mol. The number of hydrogen-bond donors (Lipinski definition) is 0. The Bertz CT molecular complexity index is 534. The smallest absolute Gasteiger partial charge is 0.495 e. The maximum absolute atomic E-state index is 12.0. The molecule has 11 heteroatoms. The van der Waals surface area contributed by atoms with Crippen LogP contribution in [0.2, 0.25) is 0 Å². The molecule has 1 aromatic rings. The number of ether oxygens (including phenoxy) is 2. The van der Waals surface area contributed by atoms with E-state index in [9.17, 15) is 28.1 Å². The number of pyridine rings is 1. The average Bonchev–Trinajstić information content (AvgIpc) is 2.24. The summed E-state index contributed by atoms with van der Waals surface area (Å²) in [6.07, 6.45) is -5.10. The third-order valence-electron chi connectivity index (χ3n) is 1.75. The fraction of sp³-hybridized carbons (Fsp3) is 0.250. The van der Waals surface area contributed by atoms with Crippen molar-refractivity contribution in [3.05, 3.63) is 21.7 Å². The lowest BCUT2D eigenvalue weighted by Gasteiger charge is -2.08. The fourth-order valence-corrected chi connectivity index (χ4v) is 1.31. The van der Waals surface area contributed by atoms with Crippen molar-refractivity contribution < 1.29 is 32.4 Å². The first-order valence-corrected chi connectivity index (χ1v) is 4.72. The molecule has 0 amide bonds. The van der Waals surface area contributed by atoms with Gasteiger partial charge >= 0.3 is 18.1 Å². The number of methoxy groups -OCH3 is 1. The minimum Gasteiger partial charge on any atom is -0.495 e. The van der Waals surface area contributed by atoms with Crippen LogP contribution in [-0.4, -0.2) is 28.6 Å². The molecule has 0 saturated heterocycles. The van der Waals surface area contributed by atoms with Crippen LogP contribution >= 0.6 is 11.6 Å². The molecule has 0 unspecified atom stereocenters. The van der Waals surface area contributed by atoms with Crippen LogP contribution in [-0.2, 0) is 0 Å². The van der Waals surface area contributed by atoms with E-state index in [-0.39, 0.29) is 0 Å². The second-order valence-electron chi connectivity index (χ2n) is 2.94. The highest BCUT2D eigenvalue weighted by Gasteiger charge is 2.36. The van der Waals surface area contributed by atoms with E-state index in [0.29, 0.717) is 6.07 Å². The highest BCUT2D eigenvalue weighted by molar-refractivity contribution is 6.68. The molecule has 0 radical (unpaired) electrons. The van der Waals surface area contributed by atoms with Crippen LogP contribution in [0.25, 0.3) is 0 Å². The van der Waals surface area contributed by atoms with Gasteiger partial charge in [-0.05, 0) is 16.5 Å². The minimum absolute atomic E-state index is 0.555. The zero-order valence-corrected chi connectivity index (χ0v) is 9.78. The van der Waals surface area contributed by atoms with Crippen LogP contribution in [0.3, 0.4) is 0 Å². The second kappa shape index (κ2) is 5.26. The lowest BCUT2D eigenvalue weighted by atomic mass is 10.2. The van der Waals surface area contributed by atoms with E-state index in [2.05, 4.69) is 14.5 Å². The normalized spacial score (nSPS) is 11.0. The van der Waals surface area contributed by atoms with E-state index in [1.54, 1.807) is 0 Å². The Balaban J connectivity index is 3.45. The summed E-state index contributed by atoms with van der Waals surface area (Å²) in [6.45, 7) is 0. The molecule has 0 aromatic carbocycles. The number of hydrogen-bond acceptors (Lipinski definition) is 6. The van der Waals surface area contributed by atoms with Gasteiger partial charge in [0.1, 0.15) is 5.75 Å². The first kappa shape index (κ1) is 15.0. The Hall–Kier alpha value is -2.10. The molecule has 0 bridgehead atoms. The quantitative estimate of drug-likeness (QED) is 0.481. The molecule has 0 aliphatic carbocycles. The number of carbonyl (C=O) groups excluding carboxylic acids is 1. The van der Waals surface area contributed by atoms with E-state index in [1.165, 1.54) is 0 Å². The maximum Gasteiger partial charge on any atom is 0.575 e. The number of alkyl halides is 3. The predicted molar refractivity (Wildman–Crippen MR) is 54.3 cm³/mol. The second-order valence-corrected chi connectivity index (χ2v) is 3.28. The molecule has 0 aliphatic heterocycles. The van der Waals surface area contributed by atoms with E-state index >= 15 is 0 Å². The number of nitro groups is 1. The largest absolute Gasteiger partial charge is 0.575 e. The van der Waals surface area contributed by atoms with E-state index in [4.69, 9.17) is 11.6 Å². The number of nitrogens with zero attached hydrogens (tertiary/aromatic N) is 2. The SMILES string of the molecule is COc1cc(OC(F)(F)F)nc([N+](=O)[O-])c1C(=O)Cl. The molecule has 1 aromatic heterocycles. The predicted octanol–water partition coefficient (Wildman–Crippen LogP) is 2.28. The summed E-state index contributed by atoms with van der Waals surface area (Å²) < 4.78 is 44.0. The molecule has 0 spiro atoms. The van der Waals surface area contributed by atoms with Crippen LogP contribution in [0, 0.1) is 10.1 Å². The molecule has 0 N–H and O–H groups in total. The van der Waals surface area contributed by atoms with Crippen molar-refractivity contribution >= 4 is 22.7 Å². The van der Waals surface area contributed by atoms with Crippen molar-refractivity contribution in [2.45, 2.75) is 6.36 Å². The highest BCUT2D eigenvalue weighted by atomic mass is 35.5. The van der Waals surface area contributed by atoms with Gasteiger partial charge in [-0.25, -0.2) is 0 Å². The van der Waals surface area contributed by atoms with Gasteiger partial charge in [-0.1, -0.05) is 0 Å². The van der Waals surface area contributed by atoms with Crippen molar-refractivity contribution in [3.8, 4) is 11.6 Å². The molecule has 104 valence electrons. The Morgan fingerprint density at radius 3 is 2.47 bits per heavy atom. The monoisotopic (exact) mass is 300 g/mol. The van der Waals surface area contributed by atoms with Crippen LogP contribution in [0.1, 0.15) is 10.4 Å². The zero-order valence-electron chi connectivity index (χ0n) is 9.02. The molecule has 1 heterocycles. The summed E-state index contributed by atoms with van der Waals surface area (Å²) in [6, 6.07) is 0.566. The van der Waals surface area contributed by atoms with Crippen molar-refractivity contribution in [1.82, 2.24) is 4.98 Å². The van der Waals surface area contributed by atoms with Gasteiger partial charge in [0.2, 0.25) is 0 Å². The zero-order chi connectivity index (χ0) is 14.8. The Labute approximate surface area is 108 Å². The molecular formula is C8H4ClF3N2O5.